The van der Waals surface area contributed by atoms with Crippen LogP contribution in [0.4, 0.5) is 0 Å². The van der Waals surface area contributed by atoms with Crippen LogP contribution in [0.2, 0.25) is 0 Å². The van der Waals surface area contributed by atoms with Gasteiger partial charge in [-0.1, -0.05) is 21.6 Å². The minimum absolute atomic E-state index is 0.833. The van der Waals surface area contributed by atoms with Crippen molar-refractivity contribution < 1.29 is 9.90 Å². The molecule has 0 aromatic carbocycles. The molecule has 0 atom stereocenters. The van der Waals surface area contributed by atoms with Gasteiger partial charge in [-0.25, -0.2) is 0 Å². The van der Waals surface area contributed by atoms with Gasteiger partial charge in [-0.3, -0.25) is 4.79 Å². The molecule has 1 N–H and O–H groups in total. The van der Waals surface area contributed by atoms with E-state index in [1.807, 2.05) is 0 Å². The maximum Gasteiger partial charge on any atom is 0.300 e. The van der Waals surface area contributed by atoms with Gasteiger partial charge in [0.05, 0.1) is 0 Å². The normalized spacial score (nSPS) is 14.3. The molecule has 0 aliphatic carbocycles. The largest absolute Gasteiger partial charge is 0.481 e. The molecule has 1 heterocycles. The van der Waals surface area contributed by atoms with Crippen molar-refractivity contribution in [3.8, 4) is 0 Å². The topological polar surface area (TPSA) is 37.3 Å². The molecule has 0 radical (unpaired) electrons. The van der Waals surface area contributed by atoms with Crippen molar-refractivity contribution in [3.05, 3.63) is 10.8 Å². The first-order chi connectivity index (χ1) is 4.23. The highest BCUT2D eigenvalue weighted by atomic mass is 33.5. The van der Waals surface area contributed by atoms with Crippen LogP contribution in [0.25, 0.3) is 0 Å². The van der Waals surface area contributed by atoms with E-state index in [2.05, 4.69) is 10.8 Å². The second kappa shape index (κ2) is 6.38. The van der Waals surface area contributed by atoms with Crippen molar-refractivity contribution in [3.63, 3.8) is 0 Å². The monoisotopic (exact) mass is 182 g/mol. The molecular weight excluding hydrogens is 176 g/mol. The molecule has 0 saturated carbocycles. The lowest BCUT2D eigenvalue weighted by atomic mass is 10.9. The van der Waals surface area contributed by atoms with Crippen LogP contribution in [-0.2, 0) is 4.79 Å². The molecule has 0 bridgehead atoms. The van der Waals surface area contributed by atoms with Crippen molar-refractivity contribution in [1.29, 1.82) is 0 Å². The standard InChI is InChI=1S/C2H4O2.C2H2S3/c1-2(3)4;1-2-4-5-3-1/h1H3,(H,3,4);1-2H. The Bertz CT molecular complexity index is 102. The summed E-state index contributed by atoms with van der Waals surface area (Å²) in [5.41, 5.74) is 0. The molecule has 0 aromatic heterocycles. The van der Waals surface area contributed by atoms with Gasteiger partial charge < -0.3 is 5.11 Å². The van der Waals surface area contributed by atoms with Crippen LogP contribution in [0.1, 0.15) is 6.92 Å². The summed E-state index contributed by atoms with van der Waals surface area (Å²) < 4.78 is 0. The molecule has 0 saturated heterocycles. The van der Waals surface area contributed by atoms with E-state index in [0.29, 0.717) is 0 Å². The Balaban J connectivity index is 0.000000148. The summed E-state index contributed by atoms with van der Waals surface area (Å²) in [7, 11) is 5.34. The summed E-state index contributed by atoms with van der Waals surface area (Å²) >= 11 is 0. The zero-order valence-corrected chi connectivity index (χ0v) is 7.18. The predicted octanol–water partition coefficient (Wildman–Crippen LogP) is 2.59. The third-order valence-corrected chi connectivity index (χ3v) is 3.62. The van der Waals surface area contributed by atoms with Crippen LogP contribution < -0.4 is 0 Å². The number of carbonyl (C=O) groups is 1. The lowest BCUT2D eigenvalue weighted by Gasteiger charge is -1.68. The molecule has 0 fully saturated rings. The maximum atomic E-state index is 9.00. The van der Waals surface area contributed by atoms with E-state index >= 15 is 0 Å². The maximum absolute atomic E-state index is 9.00. The first kappa shape index (κ1) is 9.26. The van der Waals surface area contributed by atoms with Gasteiger partial charge in [-0.15, -0.1) is 0 Å². The molecule has 1 aliphatic rings. The van der Waals surface area contributed by atoms with Crippen LogP contribution in [0.3, 0.4) is 0 Å². The number of rotatable bonds is 0. The van der Waals surface area contributed by atoms with Gasteiger partial charge in [0, 0.05) is 6.92 Å². The van der Waals surface area contributed by atoms with Crippen LogP contribution in [0, 0.1) is 0 Å². The number of aliphatic carboxylic acids is 1. The fraction of sp³-hybridized carbons (Fsp3) is 0.250. The third-order valence-electron chi connectivity index (χ3n) is 0.245. The van der Waals surface area contributed by atoms with Gasteiger partial charge in [-0.2, -0.15) is 0 Å². The minimum Gasteiger partial charge on any atom is -0.481 e. The van der Waals surface area contributed by atoms with Crippen molar-refractivity contribution >= 4 is 37.4 Å². The average molecular weight is 182 g/mol. The van der Waals surface area contributed by atoms with Crippen LogP contribution in [-0.4, -0.2) is 11.1 Å². The highest BCUT2D eigenvalue weighted by Gasteiger charge is 1.87. The fourth-order valence-electron chi connectivity index (χ4n) is 0.113. The van der Waals surface area contributed by atoms with Gasteiger partial charge in [0.25, 0.3) is 5.97 Å². The Morgan fingerprint density at radius 2 is 1.78 bits per heavy atom. The molecular formula is C4H6O2S3. The Labute approximate surface area is 65.3 Å². The molecule has 0 unspecified atom stereocenters. The molecule has 1 rings (SSSR count). The highest BCUT2D eigenvalue weighted by Crippen LogP contribution is 2.42. The van der Waals surface area contributed by atoms with Crippen LogP contribution in [0.5, 0.6) is 0 Å². The molecule has 0 aromatic rings. The fourth-order valence-corrected chi connectivity index (χ4v) is 3.06. The van der Waals surface area contributed by atoms with Crippen LogP contribution >= 0.6 is 31.4 Å². The summed E-state index contributed by atoms with van der Waals surface area (Å²) in [4.78, 5) is 9.00. The molecule has 2 nitrogen and oxygen atoms in total. The average Bonchev–Trinajstić information content (AvgIpc) is 2.11. The van der Waals surface area contributed by atoms with Crippen molar-refractivity contribution in [1.82, 2.24) is 0 Å². The van der Waals surface area contributed by atoms with Gasteiger partial charge >= 0.3 is 0 Å². The zero-order chi connectivity index (χ0) is 7.11. The van der Waals surface area contributed by atoms with Gasteiger partial charge in [-0.05, 0) is 20.6 Å². The second-order valence-corrected chi connectivity index (χ2v) is 4.90. The van der Waals surface area contributed by atoms with Gasteiger partial charge in [0.2, 0.25) is 0 Å². The smallest absolute Gasteiger partial charge is 0.300 e. The highest BCUT2D eigenvalue weighted by molar-refractivity contribution is 9.11. The molecule has 1 aliphatic heterocycles. The summed E-state index contributed by atoms with van der Waals surface area (Å²) in [5, 5.41) is 11.6. The van der Waals surface area contributed by atoms with Crippen molar-refractivity contribution in [2.24, 2.45) is 0 Å². The first-order valence-corrected chi connectivity index (χ1v) is 5.68. The number of carboxylic acid groups (broad SMARTS) is 1. The zero-order valence-electron chi connectivity index (χ0n) is 4.73. The molecule has 5 heteroatoms. The summed E-state index contributed by atoms with van der Waals surface area (Å²) in [6, 6.07) is 0. The van der Waals surface area contributed by atoms with E-state index in [4.69, 9.17) is 9.90 Å². The lowest BCUT2D eigenvalue weighted by Crippen LogP contribution is -1.78. The minimum atomic E-state index is -0.833. The van der Waals surface area contributed by atoms with Crippen molar-refractivity contribution in [2.45, 2.75) is 6.92 Å². The van der Waals surface area contributed by atoms with Gasteiger partial charge in [0.1, 0.15) is 0 Å². The first-order valence-electron chi connectivity index (χ1n) is 2.07. The van der Waals surface area contributed by atoms with Crippen LogP contribution in [0.15, 0.2) is 10.8 Å². The Morgan fingerprint density at radius 1 is 1.44 bits per heavy atom. The van der Waals surface area contributed by atoms with Crippen molar-refractivity contribution in [2.75, 3.05) is 0 Å². The predicted molar refractivity (Wildman–Crippen MR) is 45.2 cm³/mol. The second-order valence-electron chi connectivity index (χ2n) is 1.05. The number of carboxylic acids is 1. The van der Waals surface area contributed by atoms with E-state index in [0.717, 1.165) is 6.92 Å². The molecule has 0 spiro atoms. The lowest BCUT2D eigenvalue weighted by molar-refractivity contribution is -0.134. The Morgan fingerprint density at radius 3 is 1.89 bits per heavy atom. The van der Waals surface area contributed by atoms with E-state index in [1.165, 1.54) is 0 Å². The van der Waals surface area contributed by atoms with E-state index in [1.54, 1.807) is 31.4 Å². The molecule has 0 amide bonds. The quantitative estimate of drug-likeness (QED) is 0.583. The summed E-state index contributed by atoms with van der Waals surface area (Å²) in [5.74, 6) is -0.833. The van der Waals surface area contributed by atoms with E-state index in [-0.39, 0.29) is 0 Å². The SMILES string of the molecule is C1=CSSS1.CC(=O)O. The van der Waals surface area contributed by atoms with Gasteiger partial charge in [0.15, 0.2) is 0 Å². The number of hydrogen-bond donors (Lipinski definition) is 1. The summed E-state index contributed by atoms with van der Waals surface area (Å²) in [6.45, 7) is 1.08. The number of hydrogen-bond acceptors (Lipinski definition) is 4. The van der Waals surface area contributed by atoms with E-state index in [9.17, 15) is 0 Å². The van der Waals surface area contributed by atoms with E-state index < -0.39 is 5.97 Å². The summed E-state index contributed by atoms with van der Waals surface area (Å²) in [6.07, 6.45) is 0. The molecule has 52 valence electrons. The Kier molecular flexibility index (Phi) is 6.57. The molecule has 9 heavy (non-hydrogen) atoms. The Hall–Kier alpha value is 0.260. The third kappa shape index (κ3) is 11.7.